The molecular formula is C10H19N3O3. The van der Waals surface area contributed by atoms with Crippen molar-refractivity contribution in [1.29, 1.82) is 0 Å². The maximum absolute atomic E-state index is 12.2. The molecule has 0 radical (unpaired) electrons. The molecule has 2 atom stereocenters. The fourth-order valence-corrected chi connectivity index (χ4v) is 1.79. The van der Waals surface area contributed by atoms with Crippen LogP contribution in [-0.2, 0) is 14.3 Å². The lowest BCUT2D eigenvalue weighted by molar-refractivity contribution is -0.144. The van der Waals surface area contributed by atoms with E-state index in [-0.39, 0.29) is 18.5 Å². The Hall–Kier alpha value is -1.14. The van der Waals surface area contributed by atoms with Crippen LogP contribution in [0.3, 0.4) is 0 Å². The second-order valence-electron chi connectivity index (χ2n) is 4.32. The quantitative estimate of drug-likeness (QED) is 0.625. The van der Waals surface area contributed by atoms with Crippen molar-refractivity contribution in [3.05, 3.63) is 0 Å². The first-order valence-corrected chi connectivity index (χ1v) is 5.32. The van der Waals surface area contributed by atoms with Crippen LogP contribution in [0, 0.1) is 5.41 Å². The van der Waals surface area contributed by atoms with Gasteiger partial charge in [-0.25, -0.2) is 0 Å². The summed E-state index contributed by atoms with van der Waals surface area (Å²) in [5.41, 5.74) is 10.2. The summed E-state index contributed by atoms with van der Waals surface area (Å²) < 4.78 is 5.20. The Bertz CT molecular complexity index is 295. The average molecular weight is 229 g/mol. The summed E-state index contributed by atoms with van der Waals surface area (Å²) >= 11 is 0. The van der Waals surface area contributed by atoms with Gasteiger partial charge in [-0.15, -0.1) is 0 Å². The summed E-state index contributed by atoms with van der Waals surface area (Å²) in [4.78, 5) is 24.5. The summed E-state index contributed by atoms with van der Waals surface area (Å²) in [6, 6.07) is -0.332. The first kappa shape index (κ1) is 12.9. The maximum Gasteiger partial charge on any atom is 0.237 e. The molecule has 2 unspecified atom stereocenters. The van der Waals surface area contributed by atoms with Crippen molar-refractivity contribution in [1.82, 2.24) is 4.90 Å². The highest BCUT2D eigenvalue weighted by atomic mass is 16.5. The third kappa shape index (κ3) is 2.33. The molecule has 6 heteroatoms. The third-order valence-electron chi connectivity index (χ3n) is 3.02. The predicted octanol–water partition coefficient (Wildman–Crippen LogP) is -1.32. The zero-order chi connectivity index (χ0) is 12.3. The van der Waals surface area contributed by atoms with Crippen LogP contribution in [0.1, 0.15) is 13.8 Å². The number of ether oxygens (including phenoxy) is 1. The Kier molecular flexibility index (Phi) is 3.88. The van der Waals surface area contributed by atoms with Crippen LogP contribution in [0.4, 0.5) is 0 Å². The van der Waals surface area contributed by atoms with Crippen LogP contribution in [-0.4, -0.2) is 49.1 Å². The molecule has 1 heterocycles. The van der Waals surface area contributed by atoms with E-state index in [2.05, 4.69) is 0 Å². The lowest BCUT2D eigenvalue weighted by Gasteiger charge is -2.31. The Morgan fingerprint density at radius 2 is 2.19 bits per heavy atom. The van der Waals surface area contributed by atoms with Gasteiger partial charge in [-0.3, -0.25) is 9.59 Å². The van der Waals surface area contributed by atoms with E-state index in [1.165, 1.54) is 4.90 Å². The Morgan fingerprint density at radius 1 is 1.56 bits per heavy atom. The van der Waals surface area contributed by atoms with Crippen LogP contribution in [0.5, 0.6) is 0 Å². The number of carbonyl (C=O) groups excluding carboxylic acids is 2. The van der Waals surface area contributed by atoms with Gasteiger partial charge < -0.3 is 21.1 Å². The number of nitrogens with zero attached hydrogens (tertiary/aromatic N) is 1. The number of hydrogen-bond acceptors (Lipinski definition) is 4. The summed E-state index contributed by atoms with van der Waals surface area (Å²) in [6.45, 7) is 4.59. The fourth-order valence-electron chi connectivity index (χ4n) is 1.79. The molecule has 6 nitrogen and oxygen atoms in total. The van der Waals surface area contributed by atoms with Crippen molar-refractivity contribution in [2.75, 3.05) is 26.3 Å². The van der Waals surface area contributed by atoms with Gasteiger partial charge in [0.1, 0.15) is 0 Å². The average Bonchev–Trinajstić information content (AvgIpc) is 2.56. The van der Waals surface area contributed by atoms with Crippen LogP contribution in [0.25, 0.3) is 0 Å². The van der Waals surface area contributed by atoms with Gasteiger partial charge in [0, 0.05) is 12.6 Å². The summed E-state index contributed by atoms with van der Waals surface area (Å²) in [7, 11) is 0. The molecular weight excluding hydrogens is 210 g/mol. The molecule has 4 N–H and O–H groups in total. The Balaban J connectivity index is 2.78. The van der Waals surface area contributed by atoms with Crippen LogP contribution in [0.15, 0.2) is 0 Å². The van der Waals surface area contributed by atoms with Crippen LogP contribution < -0.4 is 11.5 Å². The minimum Gasteiger partial charge on any atom is -0.379 e. The van der Waals surface area contributed by atoms with E-state index in [4.69, 9.17) is 16.2 Å². The molecule has 16 heavy (non-hydrogen) atoms. The number of primary amides is 1. The third-order valence-corrected chi connectivity index (χ3v) is 3.02. The molecule has 0 aromatic rings. The summed E-state index contributed by atoms with van der Waals surface area (Å²) in [5, 5.41) is 0. The largest absolute Gasteiger partial charge is 0.379 e. The van der Waals surface area contributed by atoms with Gasteiger partial charge in [0.05, 0.1) is 25.2 Å². The van der Waals surface area contributed by atoms with Gasteiger partial charge in [0.2, 0.25) is 11.8 Å². The van der Waals surface area contributed by atoms with E-state index in [0.29, 0.717) is 19.8 Å². The Morgan fingerprint density at radius 3 is 2.56 bits per heavy atom. The van der Waals surface area contributed by atoms with Crippen molar-refractivity contribution in [2.24, 2.45) is 16.9 Å². The standard InChI is InChI=1S/C10H19N3O3/c1-3-13(4-8(12)14)9(15)10(2)6-16-5-7(10)11/h7H,3-6,11H2,1-2H3,(H2,12,14). The maximum atomic E-state index is 12.2. The first-order valence-electron chi connectivity index (χ1n) is 5.32. The molecule has 92 valence electrons. The van der Waals surface area contributed by atoms with E-state index < -0.39 is 11.3 Å². The van der Waals surface area contributed by atoms with E-state index in [1.807, 2.05) is 0 Å². The summed E-state index contributed by atoms with van der Waals surface area (Å²) in [6.07, 6.45) is 0. The molecule has 0 aliphatic carbocycles. The monoisotopic (exact) mass is 229 g/mol. The van der Waals surface area contributed by atoms with Gasteiger partial charge >= 0.3 is 0 Å². The molecule has 0 bridgehead atoms. The zero-order valence-electron chi connectivity index (χ0n) is 9.73. The van der Waals surface area contributed by atoms with Crippen molar-refractivity contribution in [3.8, 4) is 0 Å². The van der Waals surface area contributed by atoms with Crippen molar-refractivity contribution < 1.29 is 14.3 Å². The summed E-state index contributed by atoms with van der Waals surface area (Å²) in [5.74, 6) is -0.690. The first-order chi connectivity index (χ1) is 7.41. The smallest absolute Gasteiger partial charge is 0.237 e. The number of hydrogen-bond donors (Lipinski definition) is 2. The van der Waals surface area contributed by atoms with E-state index in [1.54, 1.807) is 13.8 Å². The minimum absolute atomic E-state index is 0.0718. The van der Waals surface area contributed by atoms with Crippen LogP contribution in [0.2, 0.25) is 0 Å². The van der Waals surface area contributed by atoms with Crippen molar-refractivity contribution >= 4 is 11.8 Å². The highest BCUT2D eigenvalue weighted by Gasteiger charge is 2.46. The Labute approximate surface area is 94.9 Å². The lowest BCUT2D eigenvalue weighted by atomic mass is 9.84. The molecule has 2 amide bonds. The number of rotatable bonds is 4. The van der Waals surface area contributed by atoms with E-state index in [9.17, 15) is 9.59 Å². The SMILES string of the molecule is CCN(CC(N)=O)C(=O)C1(C)COCC1N. The zero-order valence-corrected chi connectivity index (χ0v) is 9.73. The number of amides is 2. The molecule has 0 saturated carbocycles. The molecule has 1 aliphatic rings. The van der Waals surface area contributed by atoms with Gasteiger partial charge in [-0.1, -0.05) is 0 Å². The van der Waals surface area contributed by atoms with Crippen molar-refractivity contribution in [2.45, 2.75) is 19.9 Å². The van der Waals surface area contributed by atoms with E-state index in [0.717, 1.165) is 0 Å². The number of nitrogens with two attached hydrogens (primary N) is 2. The molecule has 1 rings (SSSR count). The molecule has 0 aromatic carbocycles. The second kappa shape index (κ2) is 4.80. The molecule has 0 aromatic heterocycles. The second-order valence-corrected chi connectivity index (χ2v) is 4.32. The van der Waals surface area contributed by atoms with Crippen molar-refractivity contribution in [3.63, 3.8) is 0 Å². The van der Waals surface area contributed by atoms with Gasteiger partial charge in [-0.05, 0) is 13.8 Å². The molecule has 1 saturated heterocycles. The predicted molar refractivity (Wildman–Crippen MR) is 58.3 cm³/mol. The van der Waals surface area contributed by atoms with Gasteiger partial charge in [-0.2, -0.15) is 0 Å². The van der Waals surface area contributed by atoms with Gasteiger partial charge in [0.15, 0.2) is 0 Å². The highest BCUT2D eigenvalue weighted by molar-refractivity contribution is 5.88. The molecule has 1 fully saturated rings. The molecule has 1 aliphatic heterocycles. The fraction of sp³-hybridized carbons (Fsp3) is 0.800. The minimum atomic E-state index is -0.745. The highest BCUT2D eigenvalue weighted by Crippen LogP contribution is 2.29. The van der Waals surface area contributed by atoms with Crippen LogP contribution >= 0.6 is 0 Å². The van der Waals surface area contributed by atoms with E-state index >= 15 is 0 Å². The normalized spacial score (nSPS) is 29.1. The topological polar surface area (TPSA) is 98.6 Å². The van der Waals surface area contributed by atoms with Gasteiger partial charge in [0.25, 0.3) is 0 Å². The number of likely N-dealkylation sites (N-methyl/N-ethyl adjacent to an activating group) is 1. The number of carbonyl (C=O) groups is 2. The lowest BCUT2D eigenvalue weighted by Crippen LogP contribution is -2.53. The molecule has 0 spiro atoms.